The normalized spacial score (nSPS) is 20.8. The number of hydrogen-bond acceptors (Lipinski definition) is 3. The van der Waals surface area contributed by atoms with Crippen molar-refractivity contribution in [1.29, 1.82) is 0 Å². The van der Waals surface area contributed by atoms with E-state index in [9.17, 15) is 5.11 Å². The quantitative estimate of drug-likeness (QED) is 0.835. The van der Waals surface area contributed by atoms with Crippen LogP contribution in [-0.2, 0) is 5.41 Å². The summed E-state index contributed by atoms with van der Waals surface area (Å²) in [4.78, 5) is 4.53. The lowest BCUT2D eigenvalue weighted by Gasteiger charge is -2.19. The molecule has 1 aliphatic carbocycles. The summed E-state index contributed by atoms with van der Waals surface area (Å²) in [5.41, 5.74) is 1.10. The van der Waals surface area contributed by atoms with E-state index in [1.165, 1.54) is 0 Å². The van der Waals surface area contributed by atoms with Gasteiger partial charge in [-0.25, -0.2) is 4.98 Å². The highest BCUT2D eigenvalue weighted by Gasteiger charge is 2.51. The number of nitrogens with zero attached hydrogens (tertiary/aromatic N) is 1. The minimum Gasteiger partial charge on any atom is -0.388 e. The van der Waals surface area contributed by atoms with Gasteiger partial charge in [-0.15, -0.1) is 11.3 Å². The average Bonchev–Trinajstić information content (AvgIpc) is 2.92. The third-order valence-corrected chi connectivity index (χ3v) is 4.36. The van der Waals surface area contributed by atoms with Crippen molar-refractivity contribution in [2.45, 2.75) is 52.1 Å². The van der Waals surface area contributed by atoms with Crippen LogP contribution in [0.25, 0.3) is 0 Å². The molecule has 1 saturated carbocycles. The van der Waals surface area contributed by atoms with Gasteiger partial charge in [0.2, 0.25) is 0 Å². The lowest BCUT2D eigenvalue weighted by Crippen LogP contribution is -2.24. The number of aliphatic hydroxyl groups is 1. The first-order valence-corrected chi connectivity index (χ1v) is 7.01. The fourth-order valence-electron chi connectivity index (χ4n) is 1.92. The van der Waals surface area contributed by atoms with Gasteiger partial charge in [0.05, 0.1) is 11.5 Å². The molecule has 1 atom stereocenters. The molecule has 1 aliphatic rings. The zero-order valence-corrected chi connectivity index (χ0v) is 11.8. The molecule has 0 radical (unpaired) electrons. The first-order valence-electron chi connectivity index (χ1n) is 6.14. The average molecular weight is 251 g/mol. The van der Waals surface area contributed by atoms with Crippen LogP contribution in [0.3, 0.4) is 0 Å². The Hall–Kier alpha value is -0.670. The molecule has 0 spiro atoms. The molecule has 0 unspecified atom stereocenters. The summed E-state index contributed by atoms with van der Waals surface area (Å²) in [5, 5.41) is 13.5. The topological polar surface area (TPSA) is 33.1 Å². The van der Waals surface area contributed by atoms with E-state index in [1.54, 1.807) is 11.3 Å². The molecule has 1 N–H and O–H groups in total. The second-order valence-corrected chi connectivity index (χ2v) is 6.98. The van der Waals surface area contributed by atoms with Crippen LogP contribution in [0.5, 0.6) is 0 Å². The maximum atomic E-state index is 10.3. The second kappa shape index (κ2) is 4.21. The lowest BCUT2D eigenvalue weighted by atomic mass is 9.92. The van der Waals surface area contributed by atoms with Gasteiger partial charge in [0.15, 0.2) is 0 Å². The van der Waals surface area contributed by atoms with Gasteiger partial charge in [-0.2, -0.15) is 0 Å². The maximum Gasteiger partial charge on any atom is 0.102 e. The number of allylic oxidation sites excluding steroid dienone is 1. The Bertz CT molecular complexity index is 424. The first-order chi connectivity index (χ1) is 7.83. The van der Waals surface area contributed by atoms with E-state index in [2.05, 4.69) is 37.2 Å². The summed E-state index contributed by atoms with van der Waals surface area (Å²) in [7, 11) is 0. The Labute approximate surface area is 107 Å². The van der Waals surface area contributed by atoms with Gasteiger partial charge in [-0.05, 0) is 25.2 Å². The van der Waals surface area contributed by atoms with E-state index in [0.29, 0.717) is 0 Å². The van der Waals surface area contributed by atoms with E-state index in [0.717, 1.165) is 23.5 Å². The van der Waals surface area contributed by atoms with Crippen molar-refractivity contribution in [1.82, 2.24) is 4.98 Å². The Kier molecular flexibility index (Phi) is 3.17. The number of thiazole rings is 1. The van der Waals surface area contributed by atoms with Crippen LogP contribution in [0.4, 0.5) is 0 Å². The van der Waals surface area contributed by atoms with Crippen LogP contribution in [0.2, 0.25) is 0 Å². The largest absolute Gasteiger partial charge is 0.388 e. The molecule has 3 heteroatoms. The lowest BCUT2D eigenvalue weighted by molar-refractivity contribution is 0.177. The van der Waals surface area contributed by atoms with Crippen molar-refractivity contribution in [2.24, 2.45) is 5.41 Å². The number of aryl methyl sites for hydroxylation is 1. The fourth-order valence-corrected chi connectivity index (χ4v) is 3.01. The molecule has 17 heavy (non-hydrogen) atoms. The van der Waals surface area contributed by atoms with Crippen molar-refractivity contribution in [2.75, 3.05) is 0 Å². The first kappa shape index (κ1) is 12.8. The molecule has 1 heterocycles. The molecule has 0 saturated heterocycles. The van der Waals surface area contributed by atoms with Crippen LogP contribution < -0.4 is 0 Å². The number of hydrogen-bond donors (Lipinski definition) is 1. The van der Waals surface area contributed by atoms with E-state index < -0.39 is 6.10 Å². The van der Waals surface area contributed by atoms with Gasteiger partial charge in [0.25, 0.3) is 0 Å². The third kappa shape index (κ3) is 2.78. The summed E-state index contributed by atoms with van der Waals surface area (Å²) in [5.74, 6) is 0. The van der Waals surface area contributed by atoms with Crippen LogP contribution in [0.15, 0.2) is 17.5 Å². The number of aliphatic hydroxyl groups excluding tert-OH is 1. The monoisotopic (exact) mass is 251 g/mol. The standard InChI is InChI=1S/C14H21NOS/c1-10-9-17-12(15-10)14(7-8-14)11(16)5-6-13(2,3)4/h5-6,9,11,16H,7-8H2,1-4H3/t11-/m1/s1. The van der Waals surface area contributed by atoms with Gasteiger partial charge in [0, 0.05) is 11.1 Å². The molecule has 1 aromatic rings. The SMILES string of the molecule is Cc1csc(C2([C@H](O)C=CC(C)(C)C)CC2)n1. The second-order valence-electron chi connectivity index (χ2n) is 6.12. The zero-order chi connectivity index (χ0) is 12.7. The summed E-state index contributed by atoms with van der Waals surface area (Å²) >= 11 is 1.68. The maximum absolute atomic E-state index is 10.3. The smallest absolute Gasteiger partial charge is 0.102 e. The predicted molar refractivity (Wildman–Crippen MR) is 72.4 cm³/mol. The molecular formula is C14H21NOS. The number of rotatable bonds is 3. The Morgan fingerprint density at radius 1 is 1.47 bits per heavy atom. The predicted octanol–water partition coefficient (Wildman–Crippen LogP) is 3.45. The van der Waals surface area contributed by atoms with Crippen LogP contribution in [-0.4, -0.2) is 16.2 Å². The van der Waals surface area contributed by atoms with Gasteiger partial charge < -0.3 is 5.11 Å². The van der Waals surface area contributed by atoms with E-state index >= 15 is 0 Å². The summed E-state index contributed by atoms with van der Waals surface area (Å²) in [6.07, 6.45) is 5.75. The van der Waals surface area contributed by atoms with Crippen molar-refractivity contribution >= 4 is 11.3 Å². The molecule has 2 nitrogen and oxygen atoms in total. The Morgan fingerprint density at radius 3 is 2.53 bits per heavy atom. The molecule has 1 fully saturated rings. The number of aromatic nitrogens is 1. The van der Waals surface area contributed by atoms with Crippen LogP contribution in [0.1, 0.15) is 44.3 Å². The molecule has 2 rings (SSSR count). The molecule has 0 aliphatic heterocycles. The highest BCUT2D eigenvalue weighted by molar-refractivity contribution is 7.09. The van der Waals surface area contributed by atoms with Crippen molar-refractivity contribution in [3.63, 3.8) is 0 Å². The van der Waals surface area contributed by atoms with Crippen molar-refractivity contribution < 1.29 is 5.11 Å². The fraction of sp³-hybridized carbons (Fsp3) is 0.643. The molecule has 94 valence electrons. The summed E-state index contributed by atoms with van der Waals surface area (Å²) < 4.78 is 0. The molecular weight excluding hydrogens is 230 g/mol. The minimum absolute atomic E-state index is 0.0827. The summed E-state index contributed by atoms with van der Waals surface area (Å²) in [6.45, 7) is 8.43. The third-order valence-electron chi connectivity index (χ3n) is 3.18. The van der Waals surface area contributed by atoms with Crippen molar-refractivity contribution in [3.8, 4) is 0 Å². The summed E-state index contributed by atoms with van der Waals surface area (Å²) in [6, 6.07) is 0. The molecule has 0 amide bonds. The molecule has 0 aromatic carbocycles. The molecule has 1 aromatic heterocycles. The van der Waals surface area contributed by atoms with Gasteiger partial charge in [0.1, 0.15) is 5.01 Å². The van der Waals surface area contributed by atoms with E-state index in [4.69, 9.17) is 0 Å². The Balaban J connectivity index is 2.14. The van der Waals surface area contributed by atoms with E-state index in [-0.39, 0.29) is 10.8 Å². The minimum atomic E-state index is -0.396. The van der Waals surface area contributed by atoms with Crippen molar-refractivity contribution in [3.05, 3.63) is 28.2 Å². The Morgan fingerprint density at radius 2 is 2.12 bits per heavy atom. The molecule has 0 bridgehead atoms. The van der Waals surface area contributed by atoms with Crippen LogP contribution >= 0.6 is 11.3 Å². The highest BCUT2D eigenvalue weighted by atomic mass is 32.1. The van der Waals surface area contributed by atoms with E-state index in [1.807, 2.05) is 13.0 Å². The van der Waals surface area contributed by atoms with Gasteiger partial charge >= 0.3 is 0 Å². The van der Waals surface area contributed by atoms with Gasteiger partial charge in [-0.3, -0.25) is 0 Å². The zero-order valence-electron chi connectivity index (χ0n) is 11.0. The highest BCUT2D eigenvalue weighted by Crippen LogP contribution is 2.52. The van der Waals surface area contributed by atoms with Crippen LogP contribution in [0, 0.1) is 12.3 Å². The van der Waals surface area contributed by atoms with Gasteiger partial charge in [-0.1, -0.05) is 32.9 Å².